The fourth-order valence-corrected chi connectivity index (χ4v) is 2.45. The van der Waals surface area contributed by atoms with Gasteiger partial charge in [0, 0.05) is 18.2 Å². The van der Waals surface area contributed by atoms with Gasteiger partial charge in [-0.25, -0.2) is 0 Å². The number of carbonyl (C=O) groups excluding carboxylic acids is 1. The van der Waals surface area contributed by atoms with Crippen molar-refractivity contribution < 1.29 is 9.72 Å². The number of non-ortho nitro benzene ring substituents is 1. The summed E-state index contributed by atoms with van der Waals surface area (Å²) in [6, 6.07) is 13.3. The molecular weight excluding hydrogens is 330 g/mol. The number of hydrogen-bond acceptors (Lipinski definition) is 4. The Morgan fingerprint density at radius 2 is 2.00 bits per heavy atom. The van der Waals surface area contributed by atoms with Gasteiger partial charge in [-0.05, 0) is 31.7 Å². The quantitative estimate of drug-likeness (QED) is 0.635. The van der Waals surface area contributed by atoms with Crippen LogP contribution in [0, 0.1) is 10.1 Å². The second-order valence-electron chi connectivity index (χ2n) is 5.47. The number of halogens is 1. The van der Waals surface area contributed by atoms with Crippen molar-refractivity contribution >= 4 is 28.9 Å². The van der Waals surface area contributed by atoms with Gasteiger partial charge < -0.3 is 5.32 Å². The highest BCUT2D eigenvalue weighted by molar-refractivity contribution is 6.33. The number of amides is 1. The zero-order valence-electron chi connectivity index (χ0n) is 13.4. The number of rotatable bonds is 6. The first-order valence-corrected chi connectivity index (χ1v) is 7.75. The van der Waals surface area contributed by atoms with Crippen molar-refractivity contribution in [3.05, 3.63) is 69.2 Å². The molecule has 0 bridgehead atoms. The number of anilines is 1. The van der Waals surface area contributed by atoms with Crippen LogP contribution in [0.3, 0.4) is 0 Å². The molecule has 1 atom stereocenters. The first-order valence-electron chi connectivity index (χ1n) is 7.37. The summed E-state index contributed by atoms with van der Waals surface area (Å²) in [5, 5.41) is 14.1. The molecule has 0 fully saturated rings. The molecule has 0 spiro atoms. The van der Waals surface area contributed by atoms with Gasteiger partial charge in [-0.3, -0.25) is 19.8 Å². The summed E-state index contributed by atoms with van der Waals surface area (Å²) < 4.78 is 0. The van der Waals surface area contributed by atoms with Gasteiger partial charge in [-0.1, -0.05) is 35.9 Å². The largest absolute Gasteiger partial charge is 0.324 e. The SMILES string of the molecule is C[C@H](c1cccc([N+](=O)[O-])c1)N(C)CC(=O)Nc1ccccc1Cl. The summed E-state index contributed by atoms with van der Waals surface area (Å²) in [5.41, 5.74) is 1.37. The first-order chi connectivity index (χ1) is 11.4. The van der Waals surface area contributed by atoms with E-state index >= 15 is 0 Å². The Labute approximate surface area is 145 Å². The minimum Gasteiger partial charge on any atom is -0.324 e. The Hall–Kier alpha value is -2.44. The lowest BCUT2D eigenvalue weighted by Crippen LogP contribution is -2.32. The molecule has 0 unspecified atom stereocenters. The number of likely N-dealkylation sites (N-methyl/N-ethyl adjacent to an activating group) is 1. The normalized spacial score (nSPS) is 12.0. The summed E-state index contributed by atoms with van der Waals surface area (Å²) in [4.78, 5) is 24.4. The molecule has 126 valence electrons. The van der Waals surface area contributed by atoms with Gasteiger partial charge in [0.25, 0.3) is 5.69 Å². The number of nitro groups is 1. The highest BCUT2D eigenvalue weighted by atomic mass is 35.5. The lowest BCUT2D eigenvalue weighted by Gasteiger charge is -2.24. The molecule has 0 aliphatic rings. The third kappa shape index (κ3) is 4.53. The van der Waals surface area contributed by atoms with E-state index in [1.54, 1.807) is 43.4 Å². The van der Waals surface area contributed by atoms with Gasteiger partial charge in [-0.2, -0.15) is 0 Å². The molecule has 0 saturated carbocycles. The van der Waals surface area contributed by atoms with Crippen LogP contribution in [0.1, 0.15) is 18.5 Å². The van der Waals surface area contributed by atoms with Gasteiger partial charge in [0.15, 0.2) is 0 Å². The van der Waals surface area contributed by atoms with E-state index in [-0.39, 0.29) is 24.2 Å². The van der Waals surface area contributed by atoms with Crippen molar-refractivity contribution in [2.24, 2.45) is 0 Å². The van der Waals surface area contributed by atoms with Crippen LogP contribution in [-0.2, 0) is 4.79 Å². The van der Waals surface area contributed by atoms with Gasteiger partial charge in [0.1, 0.15) is 0 Å². The minimum absolute atomic E-state index is 0.0354. The van der Waals surface area contributed by atoms with Gasteiger partial charge in [-0.15, -0.1) is 0 Å². The number of benzene rings is 2. The second kappa shape index (κ2) is 7.90. The maximum Gasteiger partial charge on any atom is 0.269 e. The van der Waals surface area contributed by atoms with Crippen LogP contribution in [0.2, 0.25) is 5.02 Å². The van der Waals surface area contributed by atoms with E-state index in [4.69, 9.17) is 11.6 Å². The number of nitrogens with zero attached hydrogens (tertiary/aromatic N) is 2. The Bertz CT molecular complexity index is 751. The van der Waals surface area contributed by atoms with Gasteiger partial charge in [0.2, 0.25) is 5.91 Å². The van der Waals surface area contributed by atoms with Crippen molar-refractivity contribution in [2.75, 3.05) is 18.9 Å². The smallest absolute Gasteiger partial charge is 0.269 e. The van der Waals surface area contributed by atoms with E-state index in [9.17, 15) is 14.9 Å². The third-order valence-electron chi connectivity index (χ3n) is 3.77. The van der Waals surface area contributed by atoms with Crippen LogP contribution in [0.15, 0.2) is 48.5 Å². The average Bonchev–Trinajstić information content (AvgIpc) is 2.56. The molecule has 24 heavy (non-hydrogen) atoms. The van der Waals surface area contributed by atoms with Crippen molar-refractivity contribution in [2.45, 2.75) is 13.0 Å². The predicted molar refractivity (Wildman–Crippen MR) is 94.2 cm³/mol. The molecule has 0 aromatic heterocycles. The van der Waals surface area contributed by atoms with E-state index in [2.05, 4.69) is 5.32 Å². The zero-order valence-corrected chi connectivity index (χ0v) is 14.2. The number of hydrogen-bond donors (Lipinski definition) is 1. The maximum absolute atomic E-state index is 12.2. The van der Waals surface area contributed by atoms with E-state index in [1.165, 1.54) is 12.1 Å². The molecule has 0 heterocycles. The van der Waals surface area contributed by atoms with E-state index in [1.807, 2.05) is 11.8 Å². The lowest BCUT2D eigenvalue weighted by molar-refractivity contribution is -0.384. The molecule has 0 saturated heterocycles. The Morgan fingerprint density at radius 1 is 1.29 bits per heavy atom. The van der Waals surface area contributed by atoms with Crippen LogP contribution in [0.4, 0.5) is 11.4 Å². The number of carbonyl (C=O) groups is 1. The Balaban J connectivity index is 2.02. The van der Waals surface area contributed by atoms with Crippen LogP contribution in [0.25, 0.3) is 0 Å². The summed E-state index contributed by atoms with van der Waals surface area (Å²) in [6.45, 7) is 2.02. The molecule has 0 radical (unpaired) electrons. The van der Waals surface area contributed by atoms with Crippen LogP contribution in [0.5, 0.6) is 0 Å². The predicted octanol–water partition coefficient (Wildman–Crippen LogP) is 3.88. The molecule has 2 aromatic carbocycles. The van der Waals surface area contributed by atoms with Crippen molar-refractivity contribution in [3.63, 3.8) is 0 Å². The zero-order chi connectivity index (χ0) is 17.7. The number of nitrogens with one attached hydrogen (secondary N) is 1. The van der Waals surface area contributed by atoms with E-state index in [0.717, 1.165) is 5.56 Å². The van der Waals surface area contributed by atoms with Crippen molar-refractivity contribution in [1.82, 2.24) is 4.90 Å². The molecule has 0 aliphatic carbocycles. The topological polar surface area (TPSA) is 75.5 Å². The maximum atomic E-state index is 12.2. The molecule has 1 amide bonds. The molecule has 6 nitrogen and oxygen atoms in total. The Morgan fingerprint density at radius 3 is 2.67 bits per heavy atom. The lowest BCUT2D eigenvalue weighted by atomic mass is 10.1. The molecule has 7 heteroatoms. The van der Waals surface area contributed by atoms with Crippen molar-refractivity contribution in [1.29, 1.82) is 0 Å². The molecular formula is C17H18ClN3O3. The van der Waals surface area contributed by atoms with Gasteiger partial charge >= 0.3 is 0 Å². The number of nitro benzene ring substituents is 1. The van der Waals surface area contributed by atoms with Gasteiger partial charge in [0.05, 0.1) is 22.2 Å². The van der Waals surface area contributed by atoms with E-state index in [0.29, 0.717) is 10.7 Å². The van der Waals surface area contributed by atoms with Crippen LogP contribution in [-0.4, -0.2) is 29.3 Å². The van der Waals surface area contributed by atoms with E-state index < -0.39 is 4.92 Å². The molecule has 2 rings (SSSR count). The first kappa shape index (κ1) is 17.9. The summed E-state index contributed by atoms with van der Waals surface area (Å²) in [7, 11) is 1.79. The van der Waals surface area contributed by atoms with Crippen molar-refractivity contribution in [3.8, 4) is 0 Å². The number of para-hydroxylation sites is 1. The average molecular weight is 348 g/mol. The second-order valence-corrected chi connectivity index (χ2v) is 5.88. The third-order valence-corrected chi connectivity index (χ3v) is 4.10. The monoisotopic (exact) mass is 347 g/mol. The molecule has 1 N–H and O–H groups in total. The highest BCUT2D eigenvalue weighted by Gasteiger charge is 2.17. The summed E-state index contributed by atoms with van der Waals surface area (Å²) >= 11 is 6.02. The highest BCUT2D eigenvalue weighted by Crippen LogP contribution is 2.23. The summed E-state index contributed by atoms with van der Waals surface area (Å²) in [5.74, 6) is -0.206. The fourth-order valence-electron chi connectivity index (χ4n) is 2.27. The minimum atomic E-state index is -0.430. The van der Waals surface area contributed by atoms with Crippen LogP contribution < -0.4 is 5.32 Å². The molecule has 0 aliphatic heterocycles. The Kier molecular flexibility index (Phi) is 5.89. The standard InChI is InChI=1S/C17H18ClN3O3/c1-12(13-6-5-7-14(10-13)21(23)24)20(2)11-17(22)19-16-9-4-3-8-15(16)18/h3-10,12H,11H2,1-2H3,(H,19,22)/t12-/m1/s1. The van der Waals surface area contributed by atoms with Crippen LogP contribution >= 0.6 is 11.6 Å². The summed E-state index contributed by atoms with van der Waals surface area (Å²) in [6.07, 6.45) is 0. The molecule has 2 aromatic rings. The fraction of sp³-hybridized carbons (Fsp3) is 0.235.